The number of carbonyl (C=O) groups is 3. The predicted octanol–water partition coefficient (Wildman–Crippen LogP) is 0.708. The standard InChI is InChI=1S/C11H11F3N2O5/c12-11(13,14)5-16-3-1-2-7(16)9(19)15-6(10(20)21)4-8(17)18/h1-3,6H,4-5H2,(H,15,19)(H,17,18)(H,20,21). The number of amides is 1. The van der Waals surface area contributed by atoms with Gasteiger partial charge in [0.1, 0.15) is 18.3 Å². The van der Waals surface area contributed by atoms with Crippen molar-refractivity contribution < 1.29 is 37.8 Å². The predicted molar refractivity (Wildman–Crippen MR) is 61.6 cm³/mol. The summed E-state index contributed by atoms with van der Waals surface area (Å²) < 4.78 is 37.5. The van der Waals surface area contributed by atoms with Crippen LogP contribution in [0.5, 0.6) is 0 Å². The number of hydrogen-bond donors (Lipinski definition) is 3. The lowest BCUT2D eigenvalue weighted by Crippen LogP contribution is -2.43. The molecule has 1 aromatic heterocycles. The third kappa shape index (κ3) is 5.16. The highest BCUT2D eigenvalue weighted by Crippen LogP contribution is 2.19. The number of nitrogens with one attached hydrogen (secondary N) is 1. The zero-order valence-electron chi connectivity index (χ0n) is 10.4. The molecule has 0 aliphatic heterocycles. The maximum absolute atomic E-state index is 12.3. The molecule has 0 saturated carbocycles. The van der Waals surface area contributed by atoms with Crippen LogP contribution in [0.25, 0.3) is 0 Å². The first-order chi connectivity index (χ1) is 9.60. The third-order valence-electron chi connectivity index (χ3n) is 2.39. The summed E-state index contributed by atoms with van der Waals surface area (Å²) in [6.45, 7) is -1.42. The van der Waals surface area contributed by atoms with E-state index in [0.717, 1.165) is 12.3 Å². The lowest BCUT2D eigenvalue weighted by molar-refractivity contribution is -0.145. The van der Waals surface area contributed by atoms with Gasteiger partial charge in [0.05, 0.1) is 6.42 Å². The highest BCUT2D eigenvalue weighted by atomic mass is 19.4. The summed E-state index contributed by atoms with van der Waals surface area (Å²) in [4.78, 5) is 33.0. The number of aliphatic carboxylic acids is 2. The number of hydrogen-bond acceptors (Lipinski definition) is 3. The maximum atomic E-state index is 12.3. The fourth-order valence-corrected chi connectivity index (χ4v) is 1.56. The summed E-state index contributed by atoms with van der Waals surface area (Å²) in [5.74, 6) is -4.16. The molecule has 0 aromatic carbocycles. The van der Waals surface area contributed by atoms with Crippen LogP contribution in [0.1, 0.15) is 16.9 Å². The molecule has 0 bridgehead atoms. The van der Waals surface area contributed by atoms with Gasteiger partial charge in [-0.25, -0.2) is 4.79 Å². The van der Waals surface area contributed by atoms with Crippen molar-refractivity contribution in [1.82, 2.24) is 9.88 Å². The van der Waals surface area contributed by atoms with Crippen molar-refractivity contribution in [2.45, 2.75) is 25.2 Å². The van der Waals surface area contributed by atoms with E-state index in [0.29, 0.717) is 4.57 Å². The monoisotopic (exact) mass is 308 g/mol. The number of carboxylic acid groups (broad SMARTS) is 2. The van der Waals surface area contributed by atoms with Crippen molar-refractivity contribution in [3.8, 4) is 0 Å². The molecule has 7 nitrogen and oxygen atoms in total. The first-order valence-corrected chi connectivity index (χ1v) is 5.57. The molecule has 0 radical (unpaired) electrons. The maximum Gasteiger partial charge on any atom is 0.406 e. The van der Waals surface area contributed by atoms with Crippen LogP contribution >= 0.6 is 0 Å². The number of carbonyl (C=O) groups excluding carboxylic acids is 1. The average molecular weight is 308 g/mol. The Morgan fingerprint density at radius 2 is 1.90 bits per heavy atom. The lowest BCUT2D eigenvalue weighted by Gasteiger charge is -2.15. The van der Waals surface area contributed by atoms with E-state index in [-0.39, 0.29) is 0 Å². The average Bonchev–Trinajstić information content (AvgIpc) is 2.72. The number of nitrogens with zero attached hydrogens (tertiary/aromatic N) is 1. The topological polar surface area (TPSA) is 109 Å². The molecular formula is C11H11F3N2O5. The Morgan fingerprint density at radius 3 is 2.38 bits per heavy atom. The van der Waals surface area contributed by atoms with E-state index >= 15 is 0 Å². The van der Waals surface area contributed by atoms with Gasteiger partial charge >= 0.3 is 18.1 Å². The van der Waals surface area contributed by atoms with Crippen molar-refractivity contribution in [2.75, 3.05) is 0 Å². The second-order valence-corrected chi connectivity index (χ2v) is 4.10. The number of carboxylic acids is 2. The Morgan fingerprint density at radius 1 is 1.29 bits per heavy atom. The molecule has 116 valence electrons. The summed E-state index contributed by atoms with van der Waals surface area (Å²) in [6.07, 6.45) is -4.43. The molecule has 0 aliphatic rings. The van der Waals surface area contributed by atoms with E-state index in [1.54, 1.807) is 0 Å². The molecule has 0 spiro atoms. The molecule has 1 rings (SSSR count). The largest absolute Gasteiger partial charge is 0.481 e. The lowest BCUT2D eigenvalue weighted by atomic mass is 10.2. The Bertz CT molecular complexity index is 552. The van der Waals surface area contributed by atoms with Gasteiger partial charge in [0, 0.05) is 6.20 Å². The van der Waals surface area contributed by atoms with Crippen molar-refractivity contribution in [1.29, 1.82) is 0 Å². The van der Waals surface area contributed by atoms with Gasteiger partial charge in [-0.1, -0.05) is 0 Å². The first kappa shape index (κ1) is 16.5. The Balaban J connectivity index is 2.86. The van der Waals surface area contributed by atoms with Crippen LogP contribution in [-0.4, -0.2) is 44.8 Å². The van der Waals surface area contributed by atoms with E-state index < -0.39 is 48.7 Å². The number of alkyl halides is 3. The SMILES string of the molecule is O=C(O)CC(NC(=O)c1cccn1CC(F)(F)F)C(=O)O. The molecule has 1 heterocycles. The molecule has 0 aliphatic carbocycles. The summed E-state index contributed by atoms with van der Waals surface area (Å²) in [5, 5.41) is 19.1. The molecule has 3 N–H and O–H groups in total. The van der Waals surface area contributed by atoms with E-state index in [4.69, 9.17) is 10.2 Å². The number of aromatic nitrogens is 1. The Hall–Kier alpha value is -2.52. The summed E-state index contributed by atoms with van der Waals surface area (Å²) >= 11 is 0. The molecule has 21 heavy (non-hydrogen) atoms. The van der Waals surface area contributed by atoms with Crippen LogP contribution in [0, 0.1) is 0 Å². The van der Waals surface area contributed by atoms with Gasteiger partial charge in [-0.05, 0) is 12.1 Å². The molecule has 1 atom stereocenters. The van der Waals surface area contributed by atoms with Crippen LogP contribution in [-0.2, 0) is 16.1 Å². The summed E-state index contributed by atoms with van der Waals surface area (Å²) in [5.41, 5.74) is -0.413. The van der Waals surface area contributed by atoms with Crippen LogP contribution in [0.2, 0.25) is 0 Å². The third-order valence-corrected chi connectivity index (χ3v) is 2.39. The smallest absolute Gasteiger partial charge is 0.406 e. The molecule has 10 heteroatoms. The fourth-order valence-electron chi connectivity index (χ4n) is 1.56. The molecule has 0 fully saturated rings. The van der Waals surface area contributed by atoms with Gasteiger partial charge < -0.3 is 20.1 Å². The molecule has 1 aromatic rings. The minimum absolute atomic E-state index is 0.413. The molecular weight excluding hydrogens is 297 g/mol. The Labute approximate surface area is 116 Å². The zero-order valence-corrected chi connectivity index (χ0v) is 10.4. The summed E-state index contributed by atoms with van der Waals surface area (Å²) in [6, 6.07) is 0.526. The number of rotatable bonds is 6. The molecule has 0 saturated heterocycles. The van der Waals surface area contributed by atoms with Gasteiger partial charge in [-0.3, -0.25) is 9.59 Å². The zero-order chi connectivity index (χ0) is 16.2. The van der Waals surface area contributed by atoms with E-state index in [9.17, 15) is 27.6 Å². The Kier molecular flexibility index (Phi) is 4.95. The van der Waals surface area contributed by atoms with Crippen molar-refractivity contribution in [3.63, 3.8) is 0 Å². The number of halogens is 3. The summed E-state index contributed by atoms with van der Waals surface area (Å²) in [7, 11) is 0. The van der Waals surface area contributed by atoms with Gasteiger partial charge in [-0.15, -0.1) is 0 Å². The van der Waals surface area contributed by atoms with E-state index in [1.807, 2.05) is 5.32 Å². The van der Waals surface area contributed by atoms with Gasteiger partial charge in [-0.2, -0.15) is 13.2 Å². The minimum atomic E-state index is -4.55. The normalized spacial score (nSPS) is 12.7. The highest BCUT2D eigenvalue weighted by Gasteiger charge is 2.30. The van der Waals surface area contributed by atoms with Crippen molar-refractivity contribution in [2.24, 2.45) is 0 Å². The van der Waals surface area contributed by atoms with Gasteiger partial charge in [0.2, 0.25) is 0 Å². The quantitative estimate of drug-likeness (QED) is 0.717. The van der Waals surface area contributed by atoms with E-state index in [2.05, 4.69) is 0 Å². The van der Waals surface area contributed by atoms with Crippen molar-refractivity contribution in [3.05, 3.63) is 24.0 Å². The van der Waals surface area contributed by atoms with Gasteiger partial charge in [0.15, 0.2) is 0 Å². The van der Waals surface area contributed by atoms with Crippen LogP contribution < -0.4 is 5.32 Å². The highest BCUT2D eigenvalue weighted by molar-refractivity contribution is 5.96. The second-order valence-electron chi connectivity index (χ2n) is 4.10. The van der Waals surface area contributed by atoms with Crippen LogP contribution in [0.3, 0.4) is 0 Å². The van der Waals surface area contributed by atoms with Crippen LogP contribution in [0.4, 0.5) is 13.2 Å². The molecule has 1 amide bonds. The minimum Gasteiger partial charge on any atom is -0.481 e. The molecule has 1 unspecified atom stereocenters. The van der Waals surface area contributed by atoms with Gasteiger partial charge in [0.25, 0.3) is 5.91 Å². The van der Waals surface area contributed by atoms with E-state index in [1.165, 1.54) is 6.07 Å². The van der Waals surface area contributed by atoms with Crippen LogP contribution in [0.15, 0.2) is 18.3 Å². The van der Waals surface area contributed by atoms with Crippen molar-refractivity contribution >= 4 is 17.8 Å². The first-order valence-electron chi connectivity index (χ1n) is 5.57. The second kappa shape index (κ2) is 6.29. The fraction of sp³-hybridized carbons (Fsp3) is 0.364.